The Bertz CT molecular complexity index is 387. The summed E-state index contributed by atoms with van der Waals surface area (Å²) in [6.07, 6.45) is 3.58. The molecule has 6 heteroatoms. The highest BCUT2D eigenvalue weighted by Gasteiger charge is 2.46. The highest BCUT2D eigenvalue weighted by molar-refractivity contribution is 8.19. The Kier molecular flexibility index (Phi) is 3.30. The Labute approximate surface area is 103 Å². The first-order valence-electron chi connectivity index (χ1n) is 4.86. The number of hydrogen-bond acceptors (Lipinski definition) is 6. The summed E-state index contributed by atoms with van der Waals surface area (Å²) < 4.78 is 4.30. The van der Waals surface area contributed by atoms with Crippen LogP contribution >= 0.6 is 23.5 Å². The lowest BCUT2D eigenvalue weighted by molar-refractivity contribution is -0.142. The Balaban J connectivity index is 2.26. The smallest absolute Gasteiger partial charge is 0.353 e. The fraction of sp³-hybridized carbons (Fsp3) is 0.400. The molecule has 1 aromatic rings. The number of nitrogens with one attached hydrogen (secondary N) is 1. The van der Waals surface area contributed by atoms with E-state index in [0.29, 0.717) is 6.61 Å². The molecule has 86 valence electrons. The van der Waals surface area contributed by atoms with Crippen LogP contribution in [0.4, 0.5) is 5.82 Å². The lowest BCUT2D eigenvalue weighted by Crippen LogP contribution is -2.38. The zero-order valence-electron chi connectivity index (χ0n) is 9.02. The molecule has 0 amide bonds. The van der Waals surface area contributed by atoms with Gasteiger partial charge in [0.15, 0.2) is 0 Å². The minimum Gasteiger partial charge on any atom is -0.463 e. The number of ether oxygens (including phenoxy) is 1. The third-order valence-corrected chi connectivity index (χ3v) is 4.84. The molecule has 1 atom stereocenters. The van der Waals surface area contributed by atoms with Crippen LogP contribution in [-0.4, -0.2) is 28.0 Å². The quantitative estimate of drug-likeness (QED) is 0.837. The first-order valence-corrected chi connectivity index (χ1v) is 6.90. The molecule has 1 aliphatic heterocycles. The molecule has 0 saturated heterocycles. The monoisotopic (exact) mass is 256 g/mol. The molecule has 0 radical (unpaired) electrons. The number of hydrogen-bond donors (Lipinski definition) is 1. The van der Waals surface area contributed by atoms with E-state index in [1.165, 1.54) is 23.5 Å². The number of anilines is 1. The van der Waals surface area contributed by atoms with Gasteiger partial charge in [0.1, 0.15) is 5.82 Å². The number of carbonyl (C=O) groups excluding carboxylic acids is 1. The molecule has 4 nitrogen and oxygen atoms in total. The highest BCUT2D eigenvalue weighted by atomic mass is 32.2. The Morgan fingerprint density at radius 2 is 2.56 bits per heavy atom. The average Bonchev–Trinajstić information content (AvgIpc) is 2.69. The van der Waals surface area contributed by atoms with E-state index >= 15 is 0 Å². The van der Waals surface area contributed by atoms with E-state index in [9.17, 15) is 4.79 Å². The average molecular weight is 256 g/mol. The highest BCUT2D eigenvalue weighted by Crippen LogP contribution is 2.49. The lowest BCUT2D eigenvalue weighted by atomic mass is 10.4. The molecular formula is C10H12N2O2S2. The van der Waals surface area contributed by atoms with Crippen molar-refractivity contribution < 1.29 is 9.53 Å². The zero-order chi connectivity index (χ0) is 11.6. The van der Waals surface area contributed by atoms with Gasteiger partial charge < -0.3 is 10.1 Å². The number of aromatic nitrogens is 1. The maximum atomic E-state index is 11.9. The molecule has 16 heavy (non-hydrogen) atoms. The van der Waals surface area contributed by atoms with Gasteiger partial charge in [-0.2, -0.15) is 0 Å². The van der Waals surface area contributed by atoms with Crippen LogP contribution in [0.1, 0.15) is 6.92 Å². The molecule has 0 saturated carbocycles. The van der Waals surface area contributed by atoms with Gasteiger partial charge in [-0.05, 0) is 25.3 Å². The Morgan fingerprint density at radius 3 is 3.19 bits per heavy atom. The third-order valence-electron chi connectivity index (χ3n) is 2.14. The topological polar surface area (TPSA) is 51.2 Å². The van der Waals surface area contributed by atoms with Crippen molar-refractivity contribution in [1.82, 2.24) is 4.98 Å². The molecule has 0 spiro atoms. The van der Waals surface area contributed by atoms with Crippen molar-refractivity contribution in [1.29, 1.82) is 0 Å². The van der Waals surface area contributed by atoms with Gasteiger partial charge in [0.05, 0.1) is 11.5 Å². The van der Waals surface area contributed by atoms with E-state index in [0.717, 1.165) is 10.7 Å². The van der Waals surface area contributed by atoms with Gasteiger partial charge in [-0.3, -0.25) is 0 Å². The van der Waals surface area contributed by atoms with Gasteiger partial charge in [-0.15, -0.1) is 11.8 Å². The van der Waals surface area contributed by atoms with E-state index in [4.69, 9.17) is 4.74 Å². The molecule has 2 heterocycles. The molecule has 0 aromatic carbocycles. The van der Waals surface area contributed by atoms with Gasteiger partial charge in [0.2, 0.25) is 4.20 Å². The van der Waals surface area contributed by atoms with Crippen LogP contribution in [-0.2, 0) is 9.53 Å². The van der Waals surface area contributed by atoms with Crippen LogP contribution in [0.2, 0.25) is 0 Å². The summed E-state index contributed by atoms with van der Waals surface area (Å²) in [5.74, 6) is 0.486. The molecule has 0 fully saturated rings. The van der Waals surface area contributed by atoms with Gasteiger partial charge in [0.25, 0.3) is 0 Å². The van der Waals surface area contributed by atoms with Crippen molar-refractivity contribution in [3.05, 3.63) is 18.3 Å². The maximum absolute atomic E-state index is 11.9. The summed E-state index contributed by atoms with van der Waals surface area (Å²) in [5, 5.41) is 3.12. The zero-order valence-corrected chi connectivity index (χ0v) is 10.7. The summed E-state index contributed by atoms with van der Waals surface area (Å²) in [7, 11) is 0. The molecule has 1 aliphatic rings. The number of pyridine rings is 1. The SMILES string of the molecule is CCOC(=O)C1(SC)Nc2ncccc2S1. The second-order valence-corrected chi connectivity index (χ2v) is 5.65. The van der Waals surface area contributed by atoms with Crippen molar-refractivity contribution in [3.8, 4) is 0 Å². The fourth-order valence-electron chi connectivity index (χ4n) is 1.40. The van der Waals surface area contributed by atoms with E-state index in [1.54, 1.807) is 13.1 Å². The summed E-state index contributed by atoms with van der Waals surface area (Å²) in [6, 6.07) is 3.80. The van der Waals surface area contributed by atoms with Crippen LogP contribution in [0.15, 0.2) is 23.2 Å². The number of nitrogens with zero attached hydrogens (tertiary/aromatic N) is 1. The van der Waals surface area contributed by atoms with Gasteiger partial charge in [0, 0.05) is 6.20 Å². The maximum Gasteiger partial charge on any atom is 0.353 e. The van der Waals surface area contributed by atoms with Crippen molar-refractivity contribution in [3.63, 3.8) is 0 Å². The molecule has 2 rings (SSSR count). The molecular weight excluding hydrogens is 244 g/mol. The standard InChI is InChI=1S/C10H12N2O2S2/c1-3-14-9(13)10(15-2)12-8-7(16-10)5-4-6-11-8/h4-6H,3H2,1-2H3,(H,11,12). The molecule has 1 aromatic heterocycles. The molecule has 1 unspecified atom stereocenters. The fourth-order valence-corrected chi connectivity index (χ4v) is 3.37. The van der Waals surface area contributed by atoms with Gasteiger partial charge in [-0.25, -0.2) is 9.78 Å². The number of rotatable bonds is 3. The minimum atomic E-state index is -0.785. The predicted molar refractivity (Wildman–Crippen MR) is 66.6 cm³/mol. The summed E-state index contributed by atoms with van der Waals surface area (Å²) >= 11 is 2.87. The molecule has 1 N–H and O–H groups in total. The van der Waals surface area contributed by atoms with Gasteiger partial charge >= 0.3 is 5.97 Å². The van der Waals surface area contributed by atoms with Crippen molar-refractivity contribution >= 4 is 35.3 Å². The largest absolute Gasteiger partial charge is 0.463 e. The first-order chi connectivity index (χ1) is 7.72. The first kappa shape index (κ1) is 11.6. The van der Waals surface area contributed by atoms with Crippen molar-refractivity contribution in [2.45, 2.75) is 16.0 Å². The molecule has 0 bridgehead atoms. The number of carbonyl (C=O) groups is 1. The van der Waals surface area contributed by atoms with Gasteiger partial charge in [-0.1, -0.05) is 11.8 Å². The summed E-state index contributed by atoms with van der Waals surface area (Å²) in [6.45, 7) is 2.18. The van der Waals surface area contributed by atoms with E-state index in [2.05, 4.69) is 10.3 Å². The normalized spacial score (nSPS) is 22.4. The van der Waals surface area contributed by atoms with Crippen LogP contribution in [0.3, 0.4) is 0 Å². The number of fused-ring (bicyclic) bond motifs is 1. The Morgan fingerprint density at radius 1 is 1.75 bits per heavy atom. The van der Waals surface area contributed by atoms with Crippen molar-refractivity contribution in [2.24, 2.45) is 0 Å². The number of thioether (sulfide) groups is 2. The number of esters is 1. The van der Waals surface area contributed by atoms with E-state index in [-0.39, 0.29) is 5.97 Å². The van der Waals surface area contributed by atoms with Crippen LogP contribution in [0.5, 0.6) is 0 Å². The Hall–Kier alpha value is -0.880. The minimum absolute atomic E-state index is 0.259. The summed E-state index contributed by atoms with van der Waals surface area (Å²) in [4.78, 5) is 17.1. The second-order valence-electron chi connectivity index (χ2n) is 3.12. The van der Waals surface area contributed by atoms with Crippen LogP contribution in [0, 0.1) is 0 Å². The predicted octanol–water partition coefficient (Wildman–Crippen LogP) is 2.18. The lowest BCUT2D eigenvalue weighted by Gasteiger charge is -2.23. The van der Waals surface area contributed by atoms with E-state index in [1.807, 2.05) is 18.4 Å². The van der Waals surface area contributed by atoms with Crippen LogP contribution in [0.25, 0.3) is 0 Å². The second kappa shape index (κ2) is 4.55. The third kappa shape index (κ3) is 1.87. The van der Waals surface area contributed by atoms with Crippen LogP contribution < -0.4 is 5.32 Å². The molecule has 0 aliphatic carbocycles. The van der Waals surface area contributed by atoms with E-state index < -0.39 is 4.20 Å². The van der Waals surface area contributed by atoms with Crippen molar-refractivity contribution in [2.75, 3.05) is 18.2 Å². The summed E-state index contributed by atoms with van der Waals surface area (Å²) in [5.41, 5.74) is 0.